The van der Waals surface area contributed by atoms with Gasteiger partial charge in [0.05, 0.1) is 104 Å². The SMILES string of the molecule is COCCOCOCC1NC(=O)[C@H]2NC(=O)[C@H](NC(=O)[C@H](NC(=O)[C@H](Cc3cc(OC)cc(Oc4cc([C@H](COCc5ccccc5)NC(=O)OC(C)(C)C)ccc4OC)c3)NC(=O)[C@@H](Cc3ccc(F)c([N+](=O)[O-])c3)NC(=O)OCC[Si](C)(C)C)c3cc(O)c(OC)c(c3)Oc3ccc(cc3Cl)[C@H]2O)c2ccc(OC)c(c2)-c2c(OC)cc(OC)cc21. The van der Waals surface area contributed by atoms with Crippen molar-refractivity contribution in [2.75, 3.05) is 89.6 Å². The fraction of sp³-hybridized carbons (Fsp3) is 0.368. The summed E-state index contributed by atoms with van der Waals surface area (Å²) in [6, 6.07) is 23.8. The van der Waals surface area contributed by atoms with Crippen molar-refractivity contribution in [1.82, 2.24) is 37.2 Å². The topological polar surface area (TPSA) is 417 Å². The second-order valence-corrected chi connectivity index (χ2v) is 36.8. The molecule has 36 heteroatoms. The van der Waals surface area contributed by atoms with Crippen molar-refractivity contribution in [2.24, 2.45) is 0 Å². The fourth-order valence-electron chi connectivity index (χ4n) is 13.4. The number of benzene rings is 8. The number of aromatic hydroxyl groups is 1. The molecule has 11 rings (SSSR count). The number of carbonyl (C=O) groups is 7. The molecule has 0 saturated heterocycles. The lowest BCUT2D eigenvalue weighted by Gasteiger charge is -2.32. The van der Waals surface area contributed by atoms with Crippen LogP contribution in [0.1, 0.15) is 95.6 Å². The number of nitro groups is 1. The van der Waals surface area contributed by atoms with Crippen LogP contribution in [0.25, 0.3) is 11.1 Å². The Morgan fingerprint density at radius 2 is 1.33 bits per heavy atom. The smallest absolute Gasteiger partial charge is 0.408 e. The number of hydrogen-bond donors (Lipinski definition) is 9. The first kappa shape index (κ1) is 92.8. The molecule has 8 bridgehead atoms. The van der Waals surface area contributed by atoms with Crippen LogP contribution in [0.3, 0.4) is 0 Å². The van der Waals surface area contributed by atoms with Gasteiger partial charge in [-0.25, -0.2) is 9.59 Å². The van der Waals surface area contributed by atoms with E-state index >= 15 is 28.4 Å². The summed E-state index contributed by atoms with van der Waals surface area (Å²) in [7, 11) is 7.73. The van der Waals surface area contributed by atoms with E-state index in [1.54, 1.807) is 51.1 Å². The minimum atomic E-state index is -2.15. The van der Waals surface area contributed by atoms with Crippen LogP contribution in [0, 0.1) is 15.9 Å². The van der Waals surface area contributed by atoms with Crippen LogP contribution in [0.4, 0.5) is 19.7 Å². The lowest BCUT2D eigenvalue weighted by Crippen LogP contribution is -2.57. The number of methoxy groups -OCH3 is 7. The Morgan fingerprint density at radius 1 is 0.626 bits per heavy atom. The van der Waals surface area contributed by atoms with Crippen LogP contribution in [-0.2, 0) is 71.8 Å². The van der Waals surface area contributed by atoms with Crippen molar-refractivity contribution in [3.8, 4) is 74.4 Å². The molecule has 8 atom stereocenters. The largest absolute Gasteiger partial charge is 0.504 e. The van der Waals surface area contributed by atoms with Gasteiger partial charge in [-0.15, -0.1) is 0 Å². The highest BCUT2D eigenvalue weighted by molar-refractivity contribution is 6.76. The van der Waals surface area contributed by atoms with Crippen molar-refractivity contribution in [3.63, 3.8) is 0 Å². The van der Waals surface area contributed by atoms with Gasteiger partial charge in [-0.3, -0.25) is 34.1 Å². The summed E-state index contributed by atoms with van der Waals surface area (Å²) in [5, 5.41) is 56.0. The van der Waals surface area contributed by atoms with Crippen molar-refractivity contribution in [2.45, 2.75) is 120 Å². The molecule has 0 fully saturated rings. The van der Waals surface area contributed by atoms with E-state index in [1.807, 2.05) is 50.0 Å². The molecule has 0 aromatic heterocycles. The standard InChI is InChI=1S/C87H100ClFN8O25Si/c1-87(2,3)122-86(106)93-64(45-117-44-48-17-15-14-16-18-48)51-20-26-70(113-8)71(39-51)120-57-32-50(31-55(41-57)110-5)34-62(90-80(100)63(92-85(105)119-29-30-123(11,12)13)33-49-19-23-61(89)66(35-49)97(107)108)81(101)94-76-54-38-67(98)79(115-10)73(40-54)121-69-25-22-53(37-60(69)88)78(99)77-84(104)91-65(46-118-47-116-28-27-109-4)58-42-56(111-6)43-72(114-9)74(58)59-36-52(21-24-68(59)112-7)75(82(102)96-77)95-83(76)103/h14-26,31-32,35-43,62-65,75-78,98-99H,27-30,33-34,44-47H2,1-13H3,(H,90,100)(H,91,104)(H,92,105)(H,93,106)(H,94,101)(H,95,103)(H,96,102)/t62-,63+,64-,65?,75+,76+,77-,78+/m0/s1. The van der Waals surface area contributed by atoms with Crippen LogP contribution in [0.2, 0.25) is 30.7 Å². The number of aliphatic hydroxyl groups is 1. The molecule has 33 nitrogen and oxygen atoms in total. The minimum Gasteiger partial charge on any atom is -0.504 e. The lowest BCUT2D eigenvalue weighted by molar-refractivity contribution is -0.387. The third kappa shape index (κ3) is 24.9. The number of alkyl carbamates (subject to hydrolysis) is 2. The van der Waals surface area contributed by atoms with Gasteiger partial charge in [0, 0.05) is 57.4 Å². The predicted molar refractivity (Wildman–Crippen MR) is 449 cm³/mol. The number of nitrogens with one attached hydrogen (secondary N) is 7. The Bertz CT molecular complexity index is 5130. The molecule has 3 heterocycles. The summed E-state index contributed by atoms with van der Waals surface area (Å²) in [5.41, 5.74) is -0.0725. The zero-order valence-electron chi connectivity index (χ0n) is 70.0. The fourth-order valence-corrected chi connectivity index (χ4v) is 14.3. The second kappa shape index (κ2) is 42.3. The van der Waals surface area contributed by atoms with E-state index in [2.05, 4.69) is 37.2 Å². The van der Waals surface area contributed by atoms with Crippen molar-refractivity contribution in [1.29, 1.82) is 0 Å². The van der Waals surface area contributed by atoms with Gasteiger partial charge in [-0.1, -0.05) is 85.8 Å². The Hall–Kier alpha value is -12.5. The normalized spacial score (nSPS) is 16.5. The van der Waals surface area contributed by atoms with Crippen LogP contribution in [0.15, 0.2) is 146 Å². The zero-order valence-corrected chi connectivity index (χ0v) is 71.8. The number of amides is 7. The van der Waals surface area contributed by atoms with E-state index < -0.39 is 139 Å². The molecule has 0 saturated carbocycles. The summed E-state index contributed by atoms with van der Waals surface area (Å²) in [6.07, 6.45) is -5.04. The van der Waals surface area contributed by atoms with Crippen LogP contribution in [0.5, 0.6) is 63.2 Å². The van der Waals surface area contributed by atoms with Crippen LogP contribution < -0.4 is 75.1 Å². The molecule has 0 radical (unpaired) electrons. The number of phenolic OH excluding ortho intramolecular Hbond substituents is 1. The van der Waals surface area contributed by atoms with E-state index in [-0.39, 0.29) is 153 Å². The number of halogens is 2. The van der Waals surface area contributed by atoms with Gasteiger partial charge in [0.2, 0.25) is 41.1 Å². The average molecular weight is 1740 g/mol. The van der Waals surface area contributed by atoms with Crippen LogP contribution >= 0.6 is 11.6 Å². The number of hydrogen-bond acceptors (Lipinski definition) is 25. The molecule has 9 N–H and O–H groups in total. The highest BCUT2D eigenvalue weighted by Gasteiger charge is 2.41. The zero-order chi connectivity index (χ0) is 89.0. The second-order valence-electron chi connectivity index (χ2n) is 30.8. The lowest BCUT2D eigenvalue weighted by atomic mass is 9.89. The van der Waals surface area contributed by atoms with Gasteiger partial charge in [0.15, 0.2) is 23.0 Å². The number of carbonyl (C=O) groups excluding carboxylic acids is 7. The number of nitrogens with zero attached hydrogens (tertiary/aromatic N) is 1. The highest BCUT2D eigenvalue weighted by atomic mass is 35.5. The van der Waals surface area contributed by atoms with Crippen molar-refractivity contribution >= 4 is 67.1 Å². The van der Waals surface area contributed by atoms with Gasteiger partial charge >= 0.3 is 17.9 Å². The summed E-state index contributed by atoms with van der Waals surface area (Å²) in [6.45, 7) is 11.0. The Kier molecular flexibility index (Phi) is 31.9. The van der Waals surface area contributed by atoms with Gasteiger partial charge in [0.1, 0.15) is 83.2 Å². The van der Waals surface area contributed by atoms with E-state index in [4.69, 9.17) is 77.9 Å². The summed E-state index contributed by atoms with van der Waals surface area (Å²) in [4.78, 5) is 118. The number of rotatable bonds is 34. The van der Waals surface area contributed by atoms with Crippen LogP contribution in [-0.4, -0.2) is 178 Å². The third-order valence-electron chi connectivity index (χ3n) is 19.6. The maximum atomic E-state index is 16.3. The molecule has 1 unspecified atom stereocenters. The number of ether oxygens (including phenoxy) is 14. The summed E-state index contributed by atoms with van der Waals surface area (Å²) in [5.74, 6) is -7.62. The Labute approximate surface area is 715 Å². The van der Waals surface area contributed by atoms with Gasteiger partial charge in [0.25, 0.3) is 0 Å². The summed E-state index contributed by atoms with van der Waals surface area (Å²) >= 11 is 7.04. The number of nitro benzene ring substituents is 1. The highest BCUT2D eigenvalue weighted by Crippen LogP contribution is 2.48. The van der Waals surface area contributed by atoms with Crippen molar-refractivity contribution < 1.29 is 119 Å². The first-order chi connectivity index (χ1) is 58.7. The Balaban J connectivity index is 1.13. The maximum absolute atomic E-state index is 16.3. The predicted octanol–water partition coefficient (Wildman–Crippen LogP) is 11.9. The van der Waals surface area contributed by atoms with Gasteiger partial charge < -0.3 is 114 Å². The van der Waals surface area contributed by atoms with E-state index in [9.17, 15) is 29.9 Å². The monoisotopic (exact) mass is 1740 g/mol. The van der Waals surface area contributed by atoms with E-state index in [1.165, 1.54) is 110 Å². The average Bonchev–Trinajstić information content (AvgIpc) is 0.764. The van der Waals surface area contributed by atoms with Gasteiger partial charge in [-0.2, -0.15) is 4.39 Å². The number of phenols is 1. The molecule has 8 aromatic rings. The Morgan fingerprint density at radius 3 is 2.01 bits per heavy atom. The molecule has 3 aliphatic heterocycles. The number of aliphatic hydroxyl groups excluding tert-OH is 1. The quantitative estimate of drug-likeness (QED) is 0.00594. The molecular weight excluding hydrogens is 1640 g/mol. The van der Waals surface area contributed by atoms with E-state index in [0.29, 0.717) is 11.6 Å². The molecule has 3 aliphatic rings. The first-order valence-corrected chi connectivity index (χ1v) is 43.0. The molecule has 0 spiro atoms. The molecule has 8 aromatic carbocycles. The van der Waals surface area contributed by atoms with E-state index in [0.717, 1.165) is 29.8 Å². The minimum absolute atomic E-state index is 0.0212. The molecular formula is C87H100ClFN8O25Si. The third-order valence-corrected chi connectivity index (χ3v) is 21.6. The molecule has 7 amide bonds. The molecule has 0 aliphatic carbocycles. The van der Waals surface area contributed by atoms with Gasteiger partial charge in [-0.05, 0) is 144 Å². The molecule has 656 valence electrons. The summed E-state index contributed by atoms with van der Waals surface area (Å²) < 4.78 is 97.6. The van der Waals surface area contributed by atoms with Crippen molar-refractivity contribution in [3.05, 3.63) is 211 Å². The maximum Gasteiger partial charge on any atom is 0.408 e. The molecule has 123 heavy (non-hydrogen) atoms. The first-order valence-electron chi connectivity index (χ1n) is 38.9. The number of fused-ring (bicyclic) bond motifs is 8.